The van der Waals surface area contributed by atoms with Crippen LogP contribution in [0, 0.1) is 0 Å². The highest BCUT2D eigenvalue weighted by atomic mass is 35.5. The normalized spacial score (nSPS) is 22.5. The van der Waals surface area contributed by atoms with E-state index in [4.69, 9.17) is 0 Å². The van der Waals surface area contributed by atoms with E-state index in [9.17, 15) is 4.79 Å². The van der Waals surface area contributed by atoms with Crippen molar-refractivity contribution < 1.29 is 4.79 Å². The Morgan fingerprint density at radius 1 is 1.23 bits per heavy atom. The zero-order valence-corrected chi connectivity index (χ0v) is 15.2. The highest BCUT2D eigenvalue weighted by Crippen LogP contribution is 2.15. The number of thiophene rings is 1. The van der Waals surface area contributed by atoms with Gasteiger partial charge in [0, 0.05) is 37.6 Å². The molecule has 0 radical (unpaired) electrons. The number of hydrogen-bond acceptors (Lipinski definition) is 4. The molecule has 0 saturated carbocycles. The summed E-state index contributed by atoms with van der Waals surface area (Å²) < 4.78 is 0. The van der Waals surface area contributed by atoms with Gasteiger partial charge in [-0.1, -0.05) is 12.5 Å². The lowest BCUT2D eigenvalue weighted by atomic mass is 10.0. The highest BCUT2D eigenvalue weighted by Gasteiger charge is 2.28. The predicted octanol–water partition coefficient (Wildman–Crippen LogP) is 2.38. The third-order valence-electron chi connectivity index (χ3n) is 4.25. The van der Waals surface area contributed by atoms with Crippen LogP contribution in [0.15, 0.2) is 17.5 Å². The lowest BCUT2D eigenvalue weighted by Crippen LogP contribution is -2.54. The minimum Gasteiger partial charge on any atom is -0.339 e. The van der Waals surface area contributed by atoms with Gasteiger partial charge in [-0.2, -0.15) is 0 Å². The quantitative estimate of drug-likeness (QED) is 0.892. The summed E-state index contributed by atoms with van der Waals surface area (Å²) in [6, 6.07) is 4.37. The van der Waals surface area contributed by atoms with E-state index < -0.39 is 0 Å². The molecule has 0 spiro atoms. The fraction of sp³-hybridized carbons (Fsp3) is 0.667. The Morgan fingerprint density at radius 3 is 2.59 bits per heavy atom. The molecule has 2 saturated heterocycles. The third kappa shape index (κ3) is 5.10. The Hall–Kier alpha value is -0.330. The van der Waals surface area contributed by atoms with E-state index in [1.807, 2.05) is 16.2 Å². The molecule has 0 aromatic carbocycles. The number of nitrogens with zero attached hydrogens (tertiary/aromatic N) is 2. The molecule has 2 fully saturated rings. The van der Waals surface area contributed by atoms with Crippen LogP contribution < -0.4 is 5.32 Å². The summed E-state index contributed by atoms with van der Waals surface area (Å²) in [5, 5.41) is 5.49. The van der Waals surface area contributed by atoms with Crippen LogP contribution in [0.1, 0.15) is 24.1 Å². The number of carbonyl (C=O) groups excluding carboxylic acids is 1. The van der Waals surface area contributed by atoms with Gasteiger partial charge in [0.05, 0.1) is 6.04 Å². The van der Waals surface area contributed by atoms with Crippen molar-refractivity contribution in [1.82, 2.24) is 15.1 Å². The Kier molecular flexibility index (Phi) is 8.72. The first-order valence-electron chi connectivity index (χ1n) is 7.60. The lowest BCUT2D eigenvalue weighted by molar-refractivity contribution is -0.135. The summed E-state index contributed by atoms with van der Waals surface area (Å²) in [6.45, 7) is 5.77. The zero-order valence-electron chi connectivity index (χ0n) is 12.7. The average molecular weight is 366 g/mol. The van der Waals surface area contributed by atoms with Crippen LogP contribution >= 0.6 is 36.2 Å². The molecule has 3 heterocycles. The number of hydrogen-bond donors (Lipinski definition) is 1. The van der Waals surface area contributed by atoms with E-state index in [2.05, 4.69) is 27.7 Å². The van der Waals surface area contributed by atoms with E-state index in [1.165, 1.54) is 17.7 Å². The van der Waals surface area contributed by atoms with Crippen molar-refractivity contribution in [2.45, 2.75) is 31.8 Å². The Balaban J connectivity index is 0.00000121. The maximum Gasteiger partial charge on any atom is 0.239 e. The van der Waals surface area contributed by atoms with Gasteiger partial charge >= 0.3 is 0 Å². The second kappa shape index (κ2) is 9.73. The van der Waals surface area contributed by atoms with Crippen molar-refractivity contribution in [3.63, 3.8) is 0 Å². The number of halogens is 2. The first kappa shape index (κ1) is 19.7. The number of piperidine rings is 1. The second-order valence-corrected chi connectivity index (χ2v) is 6.72. The van der Waals surface area contributed by atoms with Gasteiger partial charge in [0.15, 0.2) is 0 Å². The number of nitrogens with one attached hydrogen (secondary N) is 1. The summed E-state index contributed by atoms with van der Waals surface area (Å²) >= 11 is 1.81. The highest BCUT2D eigenvalue weighted by molar-refractivity contribution is 7.09. The van der Waals surface area contributed by atoms with E-state index in [1.54, 1.807) is 0 Å². The Labute approximate surface area is 149 Å². The van der Waals surface area contributed by atoms with E-state index >= 15 is 0 Å². The van der Waals surface area contributed by atoms with Gasteiger partial charge in [-0.25, -0.2) is 0 Å². The topological polar surface area (TPSA) is 35.6 Å². The van der Waals surface area contributed by atoms with Crippen LogP contribution in [0.25, 0.3) is 0 Å². The van der Waals surface area contributed by atoms with Crippen molar-refractivity contribution in [2.75, 3.05) is 32.7 Å². The van der Waals surface area contributed by atoms with E-state index in [0.717, 1.165) is 45.7 Å². The third-order valence-corrected chi connectivity index (χ3v) is 5.11. The SMILES string of the molecule is Cl.Cl.O=C([C@@H]1CCCCN1)N1CCN(Cc2cccs2)CC1. The summed E-state index contributed by atoms with van der Waals surface area (Å²) in [7, 11) is 0. The molecule has 1 aromatic rings. The Morgan fingerprint density at radius 2 is 2.00 bits per heavy atom. The van der Waals surface area contributed by atoms with Crippen LogP contribution in [0.2, 0.25) is 0 Å². The lowest BCUT2D eigenvalue weighted by Gasteiger charge is -2.37. The molecule has 1 N–H and O–H groups in total. The fourth-order valence-corrected chi connectivity index (χ4v) is 3.78. The molecule has 1 atom stereocenters. The van der Waals surface area contributed by atoms with Gasteiger partial charge in [0.25, 0.3) is 0 Å². The van der Waals surface area contributed by atoms with Crippen molar-refractivity contribution >= 4 is 42.1 Å². The largest absolute Gasteiger partial charge is 0.339 e. The van der Waals surface area contributed by atoms with Crippen LogP contribution in [-0.2, 0) is 11.3 Å². The van der Waals surface area contributed by atoms with Gasteiger partial charge in [-0.05, 0) is 30.8 Å². The van der Waals surface area contributed by atoms with E-state index in [0.29, 0.717) is 5.91 Å². The molecular formula is C15H25Cl2N3OS. The van der Waals surface area contributed by atoms with Crippen LogP contribution in [0.3, 0.4) is 0 Å². The molecule has 3 rings (SSSR count). The van der Waals surface area contributed by atoms with Gasteiger partial charge in [-0.3, -0.25) is 9.69 Å². The molecular weight excluding hydrogens is 341 g/mol. The van der Waals surface area contributed by atoms with Crippen molar-refractivity contribution in [2.24, 2.45) is 0 Å². The molecule has 0 aliphatic carbocycles. The molecule has 0 unspecified atom stereocenters. The molecule has 2 aliphatic heterocycles. The van der Waals surface area contributed by atoms with E-state index in [-0.39, 0.29) is 30.9 Å². The molecule has 22 heavy (non-hydrogen) atoms. The number of amides is 1. The first-order chi connectivity index (χ1) is 9.83. The van der Waals surface area contributed by atoms with Crippen LogP contribution in [-0.4, -0.2) is 54.5 Å². The predicted molar refractivity (Wildman–Crippen MR) is 96.3 cm³/mol. The van der Waals surface area contributed by atoms with Gasteiger partial charge in [0.2, 0.25) is 5.91 Å². The minimum absolute atomic E-state index is 0. The smallest absolute Gasteiger partial charge is 0.239 e. The summed E-state index contributed by atoms with van der Waals surface area (Å²) in [4.78, 5) is 18.3. The molecule has 1 aromatic heterocycles. The first-order valence-corrected chi connectivity index (χ1v) is 8.48. The number of piperazine rings is 1. The molecule has 0 bridgehead atoms. The standard InChI is InChI=1S/C15H23N3OS.2ClH/c19-15(14-5-1-2-6-16-14)18-9-7-17(8-10-18)12-13-4-3-11-20-13;;/h3-4,11,14,16H,1-2,5-10,12H2;2*1H/t14-;;/m0../s1. The molecule has 2 aliphatic rings. The molecule has 1 amide bonds. The molecule has 7 heteroatoms. The van der Waals surface area contributed by atoms with Crippen molar-refractivity contribution in [3.8, 4) is 0 Å². The van der Waals surface area contributed by atoms with Crippen molar-refractivity contribution in [3.05, 3.63) is 22.4 Å². The van der Waals surface area contributed by atoms with Crippen LogP contribution in [0.4, 0.5) is 0 Å². The summed E-state index contributed by atoms with van der Waals surface area (Å²) in [5.41, 5.74) is 0. The minimum atomic E-state index is 0. The fourth-order valence-electron chi connectivity index (χ4n) is 3.03. The van der Waals surface area contributed by atoms with Gasteiger partial charge in [0.1, 0.15) is 0 Å². The number of carbonyl (C=O) groups is 1. The monoisotopic (exact) mass is 365 g/mol. The molecule has 126 valence electrons. The maximum atomic E-state index is 12.4. The average Bonchev–Trinajstić information content (AvgIpc) is 3.01. The van der Waals surface area contributed by atoms with Gasteiger partial charge < -0.3 is 10.2 Å². The summed E-state index contributed by atoms with van der Waals surface area (Å²) in [6.07, 6.45) is 3.40. The number of rotatable bonds is 3. The zero-order chi connectivity index (χ0) is 13.8. The second-order valence-electron chi connectivity index (χ2n) is 5.68. The Bertz CT molecular complexity index is 430. The molecule has 4 nitrogen and oxygen atoms in total. The van der Waals surface area contributed by atoms with Crippen molar-refractivity contribution in [1.29, 1.82) is 0 Å². The maximum absolute atomic E-state index is 12.4. The summed E-state index contributed by atoms with van der Waals surface area (Å²) in [5.74, 6) is 0.320. The van der Waals surface area contributed by atoms with Crippen LogP contribution in [0.5, 0.6) is 0 Å². The van der Waals surface area contributed by atoms with Gasteiger partial charge in [-0.15, -0.1) is 36.2 Å².